The number of amides is 2. The van der Waals surface area contributed by atoms with Gasteiger partial charge < -0.3 is 10.1 Å². The summed E-state index contributed by atoms with van der Waals surface area (Å²) in [5.74, 6) is -0.326. The maximum Gasteiger partial charge on any atom is 0.411 e. The second-order valence-corrected chi connectivity index (χ2v) is 12.3. The first-order valence-electron chi connectivity index (χ1n) is 12.6. The number of likely N-dealkylation sites (tertiary alicyclic amines) is 1. The lowest BCUT2D eigenvalue weighted by molar-refractivity contribution is -0.126. The van der Waals surface area contributed by atoms with E-state index in [1.165, 1.54) is 0 Å². The Hall–Kier alpha value is -3.18. The quantitative estimate of drug-likeness (QED) is 0.571. The zero-order chi connectivity index (χ0) is 25.6. The monoisotopic (exact) mass is 505 g/mol. The van der Waals surface area contributed by atoms with Gasteiger partial charge in [-0.05, 0) is 81.7 Å². The molecule has 5 rings (SSSR count). The Morgan fingerprint density at radius 1 is 1.25 bits per heavy atom. The highest BCUT2D eigenvalue weighted by Gasteiger charge is 2.52. The number of carbonyl (C=O) groups excluding carboxylic acids is 3. The molecular formula is C28H31N3O4S. The lowest BCUT2D eigenvalue weighted by Crippen LogP contribution is -2.51. The van der Waals surface area contributed by atoms with Crippen LogP contribution >= 0.6 is 11.3 Å². The highest BCUT2D eigenvalue weighted by Crippen LogP contribution is 2.44. The molecule has 0 spiro atoms. The predicted octanol–water partition coefficient (Wildman–Crippen LogP) is 5.34. The van der Waals surface area contributed by atoms with E-state index in [0.717, 1.165) is 45.8 Å². The van der Waals surface area contributed by atoms with E-state index in [9.17, 15) is 19.6 Å². The lowest BCUT2D eigenvalue weighted by atomic mass is 9.89. The van der Waals surface area contributed by atoms with E-state index in [0.29, 0.717) is 12.8 Å². The molecule has 4 atom stereocenters. The molecule has 1 saturated carbocycles. The number of nitrogens with one attached hydrogen (secondary N) is 1. The van der Waals surface area contributed by atoms with E-state index in [1.807, 2.05) is 51.1 Å². The summed E-state index contributed by atoms with van der Waals surface area (Å²) < 4.78 is 5.61. The molecule has 1 aromatic heterocycles. The molecule has 1 saturated heterocycles. The molecule has 2 fully saturated rings. The Morgan fingerprint density at radius 3 is 2.81 bits per heavy atom. The molecule has 2 aliphatic heterocycles. The number of carbonyl (C=O) groups is 3. The third-order valence-corrected chi connectivity index (χ3v) is 8.43. The molecule has 3 aliphatic rings. The normalized spacial score (nSPS) is 23.2. The minimum absolute atomic E-state index is 0.0104. The molecule has 1 aromatic carbocycles. The number of ketones is 1. The van der Waals surface area contributed by atoms with Crippen LogP contribution in [0.3, 0.4) is 0 Å². The summed E-state index contributed by atoms with van der Waals surface area (Å²) in [4.78, 5) is 41.7. The van der Waals surface area contributed by atoms with Crippen molar-refractivity contribution in [2.45, 2.75) is 77.0 Å². The molecule has 1 aliphatic carbocycles. The van der Waals surface area contributed by atoms with Gasteiger partial charge in [-0.15, -0.1) is 11.3 Å². The highest BCUT2D eigenvalue weighted by molar-refractivity contribution is 7.15. The zero-order valence-electron chi connectivity index (χ0n) is 20.9. The standard InChI is InChI=1S/C28H31N3O4S/c1-28(2,3)35-27(34)31-20-7-6-19(12-20)26(31)23(32)11-16(15-29)10-21-8-9-24(36-21)18-5-4-17-14-25(33)30-22(17)13-18/h4-5,8-9,13,16,19-20,26H,6-7,10-12,14H2,1-3H3,(H,30,33)/t16-,19+,20-,26+/m1/s1. The summed E-state index contributed by atoms with van der Waals surface area (Å²) in [5.41, 5.74) is 2.26. The van der Waals surface area contributed by atoms with Crippen LogP contribution < -0.4 is 5.32 Å². The first-order chi connectivity index (χ1) is 17.1. The van der Waals surface area contributed by atoms with Gasteiger partial charge in [-0.25, -0.2) is 4.79 Å². The number of nitriles is 1. The van der Waals surface area contributed by atoms with Crippen LogP contribution in [0.1, 0.15) is 56.9 Å². The minimum atomic E-state index is -0.622. The third kappa shape index (κ3) is 4.90. The lowest BCUT2D eigenvalue weighted by Gasteiger charge is -2.35. The Morgan fingerprint density at radius 2 is 2.06 bits per heavy atom. The number of ether oxygens (including phenoxy) is 1. The summed E-state index contributed by atoms with van der Waals surface area (Å²) in [7, 11) is 0. The number of piperidine rings is 1. The van der Waals surface area contributed by atoms with Crippen molar-refractivity contribution in [3.8, 4) is 16.5 Å². The molecule has 8 heteroatoms. The van der Waals surface area contributed by atoms with E-state index in [4.69, 9.17) is 4.74 Å². The molecule has 2 bridgehead atoms. The van der Waals surface area contributed by atoms with E-state index in [-0.39, 0.29) is 30.1 Å². The molecule has 1 N–H and O–H groups in total. The van der Waals surface area contributed by atoms with Crippen molar-refractivity contribution < 1.29 is 19.1 Å². The van der Waals surface area contributed by atoms with Gasteiger partial charge in [-0.1, -0.05) is 12.1 Å². The van der Waals surface area contributed by atoms with Crippen molar-refractivity contribution >= 4 is 34.8 Å². The number of nitrogens with zero attached hydrogens (tertiary/aromatic N) is 2. The van der Waals surface area contributed by atoms with Crippen molar-refractivity contribution in [3.05, 3.63) is 40.8 Å². The molecule has 36 heavy (non-hydrogen) atoms. The van der Waals surface area contributed by atoms with E-state index in [1.54, 1.807) is 16.2 Å². The van der Waals surface area contributed by atoms with E-state index >= 15 is 0 Å². The number of benzene rings is 1. The Bertz CT molecular complexity index is 1250. The van der Waals surface area contributed by atoms with Gasteiger partial charge in [-0.3, -0.25) is 14.5 Å². The van der Waals surface area contributed by atoms with Crippen LogP contribution in [0, 0.1) is 23.2 Å². The van der Waals surface area contributed by atoms with Crippen LogP contribution in [0.25, 0.3) is 10.4 Å². The molecule has 188 valence electrons. The van der Waals surface area contributed by atoms with Gasteiger partial charge in [-0.2, -0.15) is 5.26 Å². The van der Waals surface area contributed by atoms with Crippen molar-refractivity contribution in [2.75, 3.05) is 5.32 Å². The number of Topliss-reactive ketones (excluding diaryl/α,β-unsaturated/α-hetero) is 1. The summed E-state index contributed by atoms with van der Waals surface area (Å²) in [6.07, 6.45) is 3.28. The van der Waals surface area contributed by atoms with Crippen molar-refractivity contribution in [3.63, 3.8) is 0 Å². The Kier molecular flexibility index (Phi) is 6.37. The fourth-order valence-electron chi connectivity index (χ4n) is 5.76. The van der Waals surface area contributed by atoms with Gasteiger partial charge in [0.25, 0.3) is 0 Å². The molecule has 7 nitrogen and oxygen atoms in total. The van der Waals surface area contributed by atoms with Crippen molar-refractivity contribution in [1.82, 2.24) is 4.90 Å². The molecule has 2 amide bonds. The summed E-state index contributed by atoms with van der Waals surface area (Å²) in [5, 5.41) is 12.7. The summed E-state index contributed by atoms with van der Waals surface area (Å²) in [6, 6.07) is 11.9. The van der Waals surface area contributed by atoms with Crippen LogP contribution in [0.2, 0.25) is 0 Å². The Labute approximate surface area is 215 Å². The second kappa shape index (κ2) is 9.36. The number of hydrogen-bond acceptors (Lipinski definition) is 6. The SMILES string of the molecule is CC(C)(C)OC(=O)N1[C@@H]2CC[C@@H](C2)[C@H]1C(=O)C[C@H](C#N)Cc1ccc(-c2ccc3c(c2)NC(=O)C3)s1. The molecule has 3 heterocycles. The number of anilines is 1. The van der Waals surface area contributed by atoms with E-state index < -0.39 is 23.7 Å². The number of thiophene rings is 1. The van der Waals surface area contributed by atoms with Crippen LogP contribution in [-0.2, 0) is 27.2 Å². The molecule has 0 unspecified atom stereocenters. The van der Waals surface area contributed by atoms with Crippen LogP contribution in [0.4, 0.5) is 10.5 Å². The summed E-state index contributed by atoms with van der Waals surface area (Å²) >= 11 is 1.60. The van der Waals surface area contributed by atoms with Gasteiger partial charge >= 0.3 is 6.09 Å². The van der Waals surface area contributed by atoms with Gasteiger partial charge in [0.2, 0.25) is 5.91 Å². The third-order valence-electron chi connectivity index (χ3n) is 7.28. The molecule has 0 radical (unpaired) electrons. The predicted molar refractivity (Wildman–Crippen MR) is 138 cm³/mol. The minimum Gasteiger partial charge on any atom is -0.444 e. The summed E-state index contributed by atoms with van der Waals surface area (Å²) in [6.45, 7) is 5.49. The molecule has 2 aromatic rings. The zero-order valence-corrected chi connectivity index (χ0v) is 21.7. The van der Waals surface area contributed by atoms with Crippen LogP contribution in [0.15, 0.2) is 30.3 Å². The Balaban J connectivity index is 1.25. The first-order valence-corrected chi connectivity index (χ1v) is 13.4. The van der Waals surface area contributed by atoms with Crippen molar-refractivity contribution in [1.29, 1.82) is 5.26 Å². The maximum absolute atomic E-state index is 13.4. The number of hydrogen-bond donors (Lipinski definition) is 1. The van der Waals surface area contributed by atoms with Gasteiger partial charge in [0, 0.05) is 27.9 Å². The number of fused-ring (bicyclic) bond motifs is 3. The van der Waals surface area contributed by atoms with Gasteiger partial charge in [0.15, 0.2) is 5.78 Å². The average Bonchev–Trinajstić information content (AvgIpc) is 3.59. The van der Waals surface area contributed by atoms with Gasteiger partial charge in [0.05, 0.1) is 24.4 Å². The highest BCUT2D eigenvalue weighted by atomic mass is 32.1. The topological polar surface area (TPSA) is 99.5 Å². The fourth-order valence-corrected chi connectivity index (χ4v) is 6.84. The fraction of sp³-hybridized carbons (Fsp3) is 0.500. The average molecular weight is 506 g/mol. The first kappa shape index (κ1) is 24.5. The smallest absolute Gasteiger partial charge is 0.411 e. The maximum atomic E-state index is 13.4. The van der Waals surface area contributed by atoms with E-state index in [2.05, 4.69) is 11.4 Å². The number of rotatable bonds is 6. The van der Waals surface area contributed by atoms with Crippen LogP contribution in [-0.4, -0.2) is 40.4 Å². The van der Waals surface area contributed by atoms with Crippen LogP contribution in [0.5, 0.6) is 0 Å². The second-order valence-electron chi connectivity index (χ2n) is 11.1. The van der Waals surface area contributed by atoms with Crippen molar-refractivity contribution in [2.24, 2.45) is 11.8 Å². The molecular weight excluding hydrogens is 474 g/mol. The largest absolute Gasteiger partial charge is 0.444 e. The van der Waals surface area contributed by atoms with Gasteiger partial charge in [0.1, 0.15) is 5.60 Å².